The lowest BCUT2D eigenvalue weighted by Crippen LogP contribution is -2.12. The summed E-state index contributed by atoms with van der Waals surface area (Å²) in [6.45, 7) is 1.83. The summed E-state index contributed by atoms with van der Waals surface area (Å²) in [4.78, 5) is 11.3. The van der Waals surface area contributed by atoms with Crippen LogP contribution in [0.5, 0.6) is 0 Å². The van der Waals surface area contributed by atoms with E-state index in [9.17, 15) is 9.90 Å². The highest BCUT2D eigenvalue weighted by molar-refractivity contribution is 5.92. The van der Waals surface area contributed by atoms with E-state index in [1.54, 1.807) is 11.8 Å². The van der Waals surface area contributed by atoms with Crippen molar-refractivity contribution < 1.29 is 19.4 Å². The number of rotatable bonds is 8. The zero-order valence-electron chi connectivity index (χ0n) is 11.7. The fraction of sp³-hybridized carbons (Fsp3) is 0.357. The highest BCUT2D eigenvalue weighted by atomic mass is 16.5. The summed E-state index contributed by atoms with van der Waals surface area (Å²) in [5, 5.41) is 16.9. The van der Waals surface area contributed by atoms with Gasteiger partial charge in [-0.05, 0) is 0 Å². The minimum absolute atomic E-state index is 0.0573. The molecular weight excluding hydrogens is 274 g/mol. The maximum Gasteiger partial charge on any atom is 0.358 e. The Bertz CT molecular complexity index is 583. The molecule has 0 saturated carbocycles. The Morgan fingerprint density at radius 2 is 2.00 bits per heavy atom. The monoisotopic (exact) mass is 291 g/mol. The fourth-order valence-electron chi connectivity index (χ4n) is 1.89. The number of aromatic carboxylic acids is 1. The molecule has 0 unspecified atom stereocenters. The second-order valence-electron chi connectivity index (χ2n) is 4.29. The van der Waals surface area contributed by atoms with E-state index in [2.05, 4.69) is 10.3 Å². The topological polar surface area (TPSA) is 86.5 Å². The van der Waals surface area contributed by atoms with Crippen molar-refractivity contribution in [2.75, 3.05) is 26.9 Å². The Balaban J connectivity index is 2.16. The molecule has 1 N–H and O–H groups in total. The van der Waals surface area contributed by atoms with Gasteiger partial charge in [0.15, 0.2) is 5.69 Å². The first-order chi connectivity index (χ1) is 10.2. The van der Waals surface area contributed by atoms with Gasteiger partial charge in [0.25, 0.3) is 0 Å². The van der Waals surface area contributed by atoms with Gasteiger partial charge in [0, 0.05) is 12.7 Å². The van der Waals surface area contributed by atoms with Crippen molar-refractivity contribution in [3.63, 3.8) is 0 Å². The molecule has 2 aromatic rings. The van der Waals surface area contributed by atoms with Gasteiger partial charge in [-0.1, -0.05) is 35.5 Å². The molecule has 112 valence electrons. The number of aromatic nitrogens is 3. The van der Waals surface area contributed by atoms with E-state index in [4.69, 9.17) is 9.47 Å². The largest absolute Gasteiger partial charge is 0.476 e. The molecular formula is C14H17N3O4. The molecule has 2 rings (SSSR count). The summed E-state index contributed by atoms with van der Waals surface area (Å²) < 4.78 is 11.8. The van der Waals surface area contributed by atoms with E-state index in [1.807, 2.05) is 30.3 Å². The van der Waals surface area contributed by atoms with E-state index in [0.29, 0.717) is 32.1 Å². The molecule has 0 radical (unpaired) electrons. The van der Waals surface area contributed by atoms with Crippen LogP contribution >= 0.6 is 0 Å². The molecule has 1 aromatic heterocycles. The van der Waals surface area contributed by atoms with Crippen LogP contribution in [0.1, 0.15) is 10.5 Å². The van der Waals surface area contributed by atoms with Crippen molar-refractivity contribution in [3.8, 4) is 11.3 Å². The SMILES string of the molecule is COCCOCCn1nnc(C(=O)O)c1-c1ccccc1. The second-order valence-corrected chi connectivity index (χ2v) is 4.29. The molecule has 0 fully saturated rings. The van der Waals surface area contributed by atoms with Gasteiger partial charge in [0.05, 0.1) is 26.4 Å². The van der Waals surface area contributed by atoms with E-state index >= 15 is 0 Å². The highest BCUT2D eigenvalue weighted by Gasteiger charge is 2.20. The third-order valence-electron chi connectivity index (χ3n) is 2.86. The van der Waals surface area contributed by atoms with Gasteiger partial charge < -0.3 is 14.6 Å². The van der Waals surface area contributed by atoms with E-state index < -0.39 is 5.97 Å². The summed E-state index contributed by atoms with van der Waals surface area (Å²) in [6, 6.07) is 9.20. The Morgan fingerprint density at radius 1 is 1.24 bits per heavy atom. The molecule has 0 aliphatic heterocycles. The lowest BCUT2D eigenvalue weighted by Gasteiger charge is -2.08. The molecule has 1 heterocycles. The minimum atomic E-state index is -1.10. The molecule has 0 spiro atoms. The summed E-state index contributed by atoms with van der Waals surface area (Å²) in [5.74, 6) is -1.10. The lowest BCUT2D eigenvalue weighted by molar-refractivity contribution is 0.0653. The number of carboxylic acids is 1. The van der Waals surface area contributed by atoms with Gasteiger partial charge in [-0.25, -0.2) is 9.48 Å². The molecule has 21 heavy (non-hydrogen) atoms. The second kappa shape index (κ2) is 7.51. The molecule has 1 aromatic carbocycles. The normalized spacial score (nSPS) is 10.7. The molecule has 0 aliphatic rings. The molecule has 0 aliphatic carbocycles. The third kappa shape index (κ3) is 3.87. The molecule has 7 nitrogen and oxygen atoms in total. The standard InChI is InChI=1S/C14H17N3O4/c1-20-9-10-21-8-7-17-13(11-5-3-2-4-6-11)12(14(18)19)15-16-17/h2-6H,7-10H2,1H3,(H,18,19). The summed E-state index contributed by atoms with van der Waals surface area (Å²) in [6.07, 6.45) is 0. The Labute approximate surface area is 122 Å². The predicted octanol–water partition coefficient (Wildman–Crippen LogP) is 1.31. The number of methoxy groups -OCH3 is 1. The number of hydrogen-bond donors (Lipinski definition) is 1. The Kier molecular flexibility index (Phi) is 5.42. The van der Waals surface area contributed by atoms with Crippen molar-refractivity contribution in [3.05, 3.63) is 36.0 Å². The summed E-state index contributed by atoms with van der Waals surface area (Å²) in [5.41, 5.74) is 1.19. The number of nitrogens with zero attached hydrogens (tertiary/aromatic N) is 3. The van der Waals surface area contributed by atoms with Crippen molar-refractivity contribution in [2.24, 2.45) is 0 Å². The van der Waals surface area contributed by atoms with Crippen LogP contribution in [0.15, 0.2) is 30.3 Å². The van der Waals surface area contributed by atoms with Gasteiger partial charge in [-0.15, -0.1) is 5.10 Å². The maximum atomic E-state index is 11.3. The number of carboxylic acid groups (broad SMARTS) is 1. The van der Waals surface area contributed by atoms with Crippen LogP contribution in [-0.4, -0.2) is 53.0 Å². The smallest absolute Gasteiger partial charge is 0.358 e. The summed E-state index contributed by atoms with van der Waals surface area (Å²) >= 11 is 0. The molecule has 0 bridgehead atoms. The van der Waals surface area contributed by atoms with Gasteiger partial charge in [-0.2, -0.15) is 0 Å². The van der Waals surface area contributed by atoms with E-state index in [-0.39, 0.29) is 5.69 Å². The first-order valence-corrected chi connectivity index (χ1v) is 6.53. The van der Waals surface area contributed by atoms with Crippen LogP contribution in [0.3, 0.4) is 0 Å². The maximum absolute atomic E-state index is 11.3. The van der Waals surface area contributed by atoms with E-state index in [1.165, 1.54) is 0 Å². The van der Waals surface area contributed by atoms with E-state index in [0.717, 1.165) is 5.56 Å². The van der Waals surface area contributed by atoms with Crippen LogP contribution in [0.2, 0.25) is 0 Å². The van der Waals surface area contributed by atoms with Crippen molar-refractivity contribution in [2.45, 2.75) is 6.54 Å². The Morgan fingerprint density at radius 3 is 2.67 bits per heavy atom. The molecule has 0 amide bonds. The number of ether oxygens (including phenoxy) is 2. The Hall–Kier alpha value is -2.25. The number of hydrogen-bond acceptors (Lipinski definition) is 5. The van der Waals surface area contributed by atoms with Gasteiger partial charge in [-0.3, -0.25) is 0 Å². The van der Waals surface area contributed by atoms with Gasteiger partial charge >= 0.3 is 5.97 Å². The average molecular weight is 291 g/mol. The fourth-order valence-corrected chi connectivity index (χ4v) is 1.89. The first-order valence-electron chi connectivity index (χ1n) is 6.53. The molecule has 0 atom stereocenters. The zero-order chi connectivity index (χ0) is 15.1. The number of benzene rings is 1. The number of carbonyl (C=O) groups is 1. The van der Waals surface area contributed by atoms with Crippen molar-refractivity contribution in [1.29, 1.82) is 0 Å². The van der Waals surface area contributed by atoms with Crippen LogP contribution in [0, 0.1) is 0 Å². The highest BCUT2D eigenvalue weighted by Crippen LogP contribution is 2.21. The van der Waals surface area contributed by atoms with Crippen molar-refractivity contribution >= 4 is 5.97 Å². The van der Waals surface area contributed by atoms with Crippen LogP contribution in [-0.2, 0) is 16.0 Å². The van der Waals surface area contributed by atoms with Crippen LogP contribution in [0.25, 0.3) is 11.3 Å². The van der Waals surface area contributed by atoms with Crippen LogP contribution in [0.4, 0.5) is 0 Å². The van der Waals surface area contributed by atoms with Crippen LogP contribution < -0.4 is 0 Å². The average Bonchev–Trinajstić information content (AvgIpc) is 2.92. The minimum Gasteiger partial charge on any atom is -0.476 e. The van der Waals surface area contributed by atoms with Crippen molar-refractivity contribution in [1.82, 2.24) is 15.0 Å². The predicted molar refractivity (Wildman–Crippen MR) is 75.1 cm³/mol. The lowest BCUT2D eigenvalue weighted by atomic mass is 10.1. The summed E-state index contributed by atoms with van der Waals surface area (Å²) in [7, 11) is 1.60. The molecule has 7 heteroatoms. The molecule has 0 saturated heterocycles. The first kappa shape index (κ1) is 15.1. The quantitative estimate of drug-likeness (QED) is 0.738. The zero-order valence-corrected chi connectivity index (χ0v) is 11.7. The van der Waals surface area contributed by atoms with Gasteiger partial charge in [0.1, 0.15) is 5.69 Å². The van der Waals surface area contributed by atoms with Gasteiger partial charge in [0.2, 0.25) is 0 Å². The third-order valence-corrected chi connectivity index (χ3v) is 2.86.